The Kier molecular flexibility index (Phi) is 10.9. The first-order valence-electron chi connectivity index (χ1n) is 6.61. The normalized spacial score (nSPS) is 13.6. The maximum Gasteiger partial charge on any atom is 0.0589 e. The van der Waals surface area contributed by atoms with Gasteiger partial charge >= 0.3 is 0 Å². The smallest absolute Gasteiger partial charge is 0.0589 e. The van der Waals surface area contributed by atoms with Crippen LogP contribution in [0.3, 0.4) is 0 Å². The number of nitrogens with one attached hydrogen (secondary N) is 1. The summed E-state index contributed by atoms with van der Waals surface area (Å²) in [6, 6.07) is 1.10. The second-order valence-electron chi connectivity index (χ2n) is 4.65. The van der Waals surface area contributed by atoms with Gasteiger partial charge in [0.05, 0.1) is 13.2 Å². The standard InChI is InChI=1S/C13H30N2O2/c1-6-13(11-14-12(2)3)15(7-9-16-4)8-10-17-5/h12-14H,6-11H2,1-5H3. The largest absolute Gasteiger partial charge is 0.383 e. The van der Waals surface area contributed by atoms with Crippen molar-refractivity contribution in [2.75, 3.05) is 47.1 Å². The van der Waals surface area contributed by atoms with Crippen LogP contribution in [0.5, 0.6) is 0 Å². The third-order valence-corrected chi connectivity index (χ3v) is 2.91. The fraction of sp³-hybridized carbons (Fsp3) is 1.00. The Morgan fingerprint density at radius 2 is 1.59 bits per heavy atom. The van der Waals surface area contributed by atoms with E-state index in [0.717, 1.165) is 39.3 Å². The second kappa shape index (κ2) is 11.0. The summed E-state index contributed by atoms with van der Waals surface area (Å²) in [6.45, 7) is 11.1. The van der Waals surface area contributed by atoms with Crippen molar-refractivity contribution in [3.63, 3.8) is 0 Å². The SMILES string of the molecule is CCC(CNC(C)C)N(CCOC)CCOC. The van der Waals surface area contributed by atoms with E-state index in [4.69, 9.17) is 9.47 Å². The molecule has 0 rings (SSSR count). The third-order valence-electron chi connectivity index (χ3n) is 2.91. The molecule has 0 aliphatic heterocycles. The van der Waals surface area contributed by atoms with Gasteiger partial charge in [-0.1, -0.05) is 20.8 Å². The molecule has 0 aromatic rings. The molecule has 0 aliphatic carbocycles. The Morgan fingerprint density at radius 1 is 1.06 bits per heavy atom. The Labute approximate surface area is 107 Å². The van der Waals surface area contributed by atoms with E-state index in [0.29, 0.717) is 12.1 Å². The zero-order valence-electron chi connectivity index (χ0n) is 12.2. The molecule has 0 radical (unpaired) electrons. The molecule has 0 aromatic carbocycles. The van der Waals surface area contributed by atoms with Crippen molar-refractivity contribution in [1.82, 2.24) is 10.2 Å². The van der Waals surface area contributed by atoms with Crippen molar-refractivity contribution in [3.8, 4) is 0 Å². The summed E-state index contributed by atoms with van der Waals surface area (Å²) < 4.78 is 10.3. The predicted molar refractivity (Wildman–Crippen MR) is 72.5 cm³/mol. The van der Waals surface area contributed by atoms with Crippen molar-refractivity contribution >= 4 is 0 Å². The van der Waals surface area contributed by atoms with Gasteiger partial charge < -0.3 is 14.8 Å². The molecular formula is C13H30N2O2. The molecule has 17 heavy (non-hydrogen) atoms. The summed E-state index contributed by atoms with van der Waals surface area (Å²) in [7, 11) is 3.50. The topological polar surface area (TPSA) is 33.7 Å². The van der Waals surface area contributed by atoms with Crippen LogP contribution in [0.2, 0.25) is 0 Å². The summed E-state index contributed by atoms with van der Waals surface area (Å²) in [4.78, 5) is 2.45. The van der Waals surface area contributed by atoms with E-state index in [9.17, 15) is 0 Å². The molecule has 0 heterocycles. The number of hydrogen-bond acceptors (Lipinski definition) is 4. The summed E-state index contributed by atoms with van der Waals surface area (Å²) in [6.07, 6.45) is 1.15. The molecule has 0 aromatic heterocycles. The van der Waals surface area contributed by atoms with Crippen molar-refractivity contribution in [2.45, 2.75) is 39.3 Å². The maximum absolute atomic E-state index is 5.17. The lowest BCUT2D eigenvalue weighted by Crippen LogP contribution is -2.46. The van der Waals surface area contributed by atoms with Crippen LogP contribution < -0.4 is 5.32 Å². The highest BCUT2D eigenvalue weighted by atomic mass is 16.5. The molecule has 0 amide bonds. The van der Waals surface area contributed by atoms with Gasteiger partial charge in [-0.25, -0.2) is 0 Å². The van der Waals surface area contributed by atoms with Crippen LogP contribution in [-0.2, 0) is 9.47 Å². The molecule has 4 heteroatoms. The number of nitrogens with zero attached hydrogens (tertiary/aromatic N) is 1. The lowest BCUT2D eigenvalue weighted by molar-refractivity contribution is 0.0846. The minimum Gasteiger partial charge on any atom is -0.383 e. The van der Waals surface area contributed by atoms with Crippen molar-refractivity contribution in [1.29, 1.82) is 0 Å². The van der Waals surface area contributed by atoms with E-state index in [1.54, 1.807) is 14.2 Å². The molecule has 1 N–H and O–H groups in total. The van der Waals surface area contributed by atoms with E-state index in [1.165, 1.54) is 0 Å². The molecule has 104 valence electrons. The van der Waals surface area contributed by atoms with Gasteiger partial charge in [0, 0.05) is 45.9 Å². The molecular weight excluding hydrogens is 216 g/mol. The summed E-state index contributed by atoms with van der Waals surface area (Å²) in [5.74, 6) is 0. The van der Waals surface area contributed by atoms with E-state index >= 15 is 0 Å². The maximum atomic E-state index is 5.17. The Balaban J connectivity index is 4.16. The zero-order chi connectivity index (χ0) is 13.1. The van der Waals surface area contributed by atoms with Crippen LogP contribution in [-0.4, -0.2) is 64.1 Å². The molecule has 0 fully saturated rings. The monoisotopic (exact) mass is 246 g/mol. The minimum atomic E-state index is 0.538. The van der Waals surface area contributed by atoms with Crippen LogP contribution in [0.25, 0.3) is 0 Å². The van der Waals surface area contributed by atoms with Crippen LogP contribution in [0, 0.1) is 0 Å². The molecule has 1 unspecified atom stereocenters. The zero-order valence-corrected chi connectivity index (χ0v) is 12.2. The van der Waals surface area contributed by atoms with Crippen LogP contribution >= 0.6 is 0 Å². The molecule has 1 atom stereocenters. The first kappa shape index (κ1) is 16.8. The van der Waals surface area contributed by atoms with E-state index < -0.39 is 0 Å². The van der Waals surface area contributed by atoms with Crippen molar-refractivity contribution in [3.05, 3.63) is 0 Å². The van der Waals surface area contributed by atoms with Gasteiger partial charge in [-0.15, -0.1) is 0 Å². The Bertz CT molecular complexity index is 157. The molecule has 0 saturated heterocycles. The first-order valence-corrected chi connectivity index (χ1v) is 6.61. The molecule has 4 nitrogen and oxygen atoms in total. The lowest BCUT2D eigenvalue weighted by atomic mass is 10.1. The number of methoxy groups -OCH3 is 2. The van der Waals surface area contributed by atoms with Gasteiger partial charge in [-0.3, -0.25) is 4.90 Å². The van der Waals surface area contributed by atoms with Gasteiger partial charge in [0.15, 0.2) is 0 Å². The second-order valence-corrected chi connectivity index (χ2v) is 4.65. The van der Waals surface area contributed by atoms with Gasteiger partial charge in [-0.05, 0) is 6.42 Å². The minimum absolute atomic E-state index is 0.538. The van der Waals surface area contributed by atoms with Gasteiger partial charge in [0.25, 0.3) is 0 Å². The fourth-order valence-corrected chi connectivity index (χ4v) is 1.80. The quantitative estimate of drug-likeness (QED) is 0.597. The fourth-order valence-electron chi connectivity index (χ4n) is 1.80. The summed E-state index contributed by atoms with van der Waals surface area (Å²) in [5.41, 5.74) is 0. The summed E-state index contributed by atoms with van der Waals surface area (Å²) in [5, 5.41) is 3.51. The molecule has 0 bridgehead atoms. The van der Waals surface area contributed by atoms with Crippen molar-refractivity contribution in [2.24, 2.45) is 0 Å². The number of ether oxygens (including phenoxy) is 2. The predicted octanol–water partition coefficient (Wildman–Crippen LogP) is 1.36. The average Bonchev–Trinajstić information content (AvgIpc) is 2.31. The molecule has 0 saturated carbocycles. The average molecular weight is 246 g/mol. The Morgan fingerprint density at radius 3 is 1.94 bits per heavy atom. The highest BCUT2D eigenvalue weighted by Gasteiger charge is 2.16. The number of rotatable bonds is 11. The first-order chi connectivity index (χ1) is 8.15. The Hall–Kier alpha value is -0.160. The highest BCUT2D eigenvalue weighted by molar-refractivity contribution is 4.74. The van der Waals surface area contributed by atoms with Crippen LogP contribution in [0.4, 0.5) is 0 Å². The number of hydrogen-bond donors (Lipinski definition) is 1. The van der Waals surface area contributed by atoms with Crippen LogP contribution in [0.15, 0.2) is 0 Å². The van der Waals surface area contributed by atoms with E-state index in [-0.39, 0.29) is 0 Å². The summed E-state index contributed by atoms with van der Waals surface area (Å²) >= 11 is 0. The van der Waals surface area contributed by atoms with E-state index in [2.05, 4.69) is 31.0 Å². The van der Waals surface area contributed by atoms with Crippen molar-refractivity contribution < 1.29 is 9.47 Å². The third kappa shape index (κ3) is 8.55. The van der Waals surface area contributed by atoms with Crippen LogP contribution in [0.1, 0.15) is 27.2 Å². The van der Waals surface area contributed by atoms with E-state index in [1.807, 2.05) is 0 Å². The highest BCUT2D eigenvalue weighted by Crippen LogP contribution is 2.04. The van der Waals surface area contributed by atoms with Gasteiger partial charge in [-0.2, -0.15) is 0 Å². The van der Waals surface area contributed by atoms with Gasteiger partial charge in [0.2, 0.25) is 0 Å². The molecule has 0 aliphatic rings. The lowest BCUT2D eigenvalue weighted by Gasteiger charge is -2.31. The van der Waals surface area contributed by atoms with Gasteiger partial charge in [0.1, 0.15) is 0 Å². The molecule has 0 spiro atoms.